The molecule has 0 aliphatic heterocycles. The van der Waals surface area contributed by atoms with Gasteiger partial charge in [0.15, 0.2) is 0 Å². The van der Waals surface area contributed by atoms with Crippen LogP contribution < -0.4 is 0 Å². The summed E-state index contributed by atoms with van der Waals surface area (Å²) < 4.78 is 0.947. The second-order valence-electron chi connectivity index (χ2n) is 3.64. The van der Waals surface area contributed by atoms with Gasteiger partial charge in [0, 0.05) is 4.24 Å². The molecule has 0 saturated carbocycles. The first-order chi connectivity index (χ1) is 7.67. The SMILES string of the molecule is CCCCCCCC(C(=O)O)=C(SC)SC. The highest BCUT2D eigenvalue weighted by molar-refractivity contribution is 8.21. The van der Waals surface area contributed by atoms with Gasteiger partial charge >= 0.3 is 5.97 Å². The normalized spacial score (nSPS) is 10.2. The fourth-order valence-corrected chi connectivity index (χ4v) is 3.07. The zero-order chi connectivity index (χ0) is 12.4. The number of aliphatic carboxylic acids is 1. The lowest BCUT2D eigenvalue weighted by Gasteiger charge is -2.07. The molecule has 0 aromatic rings. The number of hydrogen-bond acceptors (Lipinski definition) is 3. The van der Waals surface area contributed by atoms with Gasteiger partial charge in [0.2, 0.25) is 0 Å². The molecule has 94 valence electrons. The molecule has 0 heterocycles. The van der Waals surface area contributed by atoms with E-state index in [1.807, 2.05) is 12.5 Å². The van der Waals surface area contributed by atoms with Crippen LogP contribution in [0.3, 0.4) is 0 Å². The van der Waals surface area contributed by atoms with Crippen molar-refractivity contribution in [1.82, 2.24) is 0 Å². The van der Waals surface area contributed by atoms with E-state index in [0.717, 1.165) is 17.1 Å². The number of carboxylic acids is 1. The summed E-state index contributed by atoms with van der Waals surface area (Å²) in [5.74, 6) is -0.755. The molecule has 0 fully saturated rings. The third-order valence-corrected chi connectivity index (χ3v) is 4.64. The van der Waals surface area contributed by atoms with E-state index < -0.39 is 5.97 Å². The van der Waals surface area contributed by atoms with Crippen molar-refractivity contribution in [2.24, 2.45) is 0 Å². The minimum atomic E-state index is -0.755. The maximum Gasteiger partial charge on any atom is 0.333 e. The zero-order valence-corrected chi connectivity index (χ0v) is 12.0. The Balaban J connectivity index is 4.15. The fourth-order valence-electron chi connectivity index (χ4n) is 1.53. The van der Waals surface area contributed by atoms with Crippen LogP contribution in [0.25, 0.3) is 0 Å². The Kier molecular flexibility index (Phi) is 10.0. The van der Waals surface area contributed by atoms with Crippen LogP contribution >= 0.6 is 23.5 Å². The molecule has 1 N–H and O–H groups in total. The Morgan fingerprint density at radius 3 is 2.06 bits per heavy atom. The van der Waals surface area contributed by atoms with Gasteiger partial charge in [-0.25, -0.2) is 4.79 Å². The third-order valence-electron chi connectivity index (χ3n) is 2.41. The van der Waals surface area contributed by atoms with Crippen LogP contribution in [-0.4, -0.2) is 23.6 Å². The second-order valence-corrected chi connectivity index (χ2v) is 5.54. The number of carbonyl (C=O) groups is 1. The minimum Gasteiger partial charge on any atom is -0.478 e. The molecule has 2 nitrogen and oxygen atoms in total. The van der Waals surface area contributed by atoms with E-state index in [4.69, 9.17) is 5.11 Å². The molecular formula is C12H22O2S2. The van der Waals surface area contributed by atoms with E-state index in [1.165, 1.54) is 42.8 Å². The predicted molar refractivity (Wildman–Crippen MR) is 75.1 cm³/mol. The van der Waals surface area contributed by atoms with Crippen LogP contribution in [0.5, 0.6) is 0 Å². The van der Waals surface area contributed by atoms with Gasteiger partial charge in [-0.2, -0.15) is 0 Å². The summed E-state index contributed by atoms with van der Waals surface area (Å²) in [5.41, 5.74) is 0.594. The molecule has 0 aromatic heterocycles. The van der Waals surface area contributed by atoms with Crippen LogP contribution in [-0.2, 0) is 4.79 Å². The molecule has 0 aliphatic carbocycles. The maximum atomic E-state index is 11.1. The van der Waals surface area contributed by atoms with Crippen molar-refractivity contribution in [1.29, 1.82) is 0 Å². The molecule has 0 radical (unpaired) electrons. The molecule has 16 heavy (non-hydrogen) atoms. The van der Waals surface area contributed by atoms with Gasteiger partial charge in [0.05, 0.1) is 5.57 Å². The molecule has 0 saturated heterocycles. The second kappa shape index (κ2) is 10.1. The summed E-state index contributed by atoms with van der Waals surface area (Å²) in [4.78, 5) is 11.1. The van der Waals surface area contributed by atoms with E-state index in [2.05, 4.69) is 6.92 Å². The van der Waals surface area contributed by atoms with Gasteiger partial charge in [-0.3, -0.25) is 0 Å². The summed E-state index contributed by atoms with van der Waals surface area (Å²) in [7, 11) is 0. The molecule has 0 unspecified atom stereocenters. The smallest absolute Gasteiger partial charge is 0.333 e. The van der Waals surface area contributed by atoms with E-state index in [0.29, 0.717) is 12.0 Å². The van der Waals surface area contributed by atoms with E-state index in [-0.39, 0.29) is 0 Å². The number of thioether (sulfide) groups is 2. The van der Waals surface area contributed by atoms with Gasteiger partial charge in [-0.1, -0.05) is 32.6 Å². The van der Waals surface area contributed by atoms with Crippen molar-refractivity contribution in [3.05, 3.63) is 9.81 Å². The first-order valence-electron chi connectivity index (χ1n) is 5.71. The Morgan fingerprint density at radius 2 is 1.62 bits per heavy atom. The molecular weight excluding hydrogens is 240 g/mol. The summed E-state index contributed by atoms with van der Waals surface area (Å²) >= 11 is 3.07. The van der Waals surface area contributed by atoms with Crippen LogP contribution in [0, 0.1) is 0 Å². The van der Waals surface area contributed by atoms with Crippen LogP contribution in [0.15, 0.2) is 9.81 Å². The molecule has 0 amide bonds. The van der Waals surface area contributed by atoms with E-state index in [9.17, 15) is 4.79 Å². The highest BCUT2D eigenvalue weighted by atomic mass is 32.2. The predicted octanol–water partition coefficient (Wildman–Crippen LogP) is 4.37. The maximum absolute atomic E-state index is 11.1. The minimum absolute atomic E-state index is 0.594. The van der Waals surface area contributed by atoms with Crippen molar-refractivity contribution in [3.63, 3.8) is 0 Å². The zero-order valence-electron chi connectivity index (χ0n) is 10.4. The van der Waals surface area contributed by atoms with Crippen LogP contribution in [0.4, 0.5) is 0 Å². The standard InChI is InChI=1S/C12H22O2S2/c1-4-5-6-7-8-9-10(11(13)14)12(15-2)16-3/h4-9H2,1-3H3,(H,13,14). The Hall–Kier alpha value is -0.0900. The first kappa shape index (κ1) is 15.9. The van der Waals surface area contributed by atoms with Gasteiger partial charge in [0.25, 0.3) is 0 Å². The summed E-state index contributed by atoms with van der Waals surface area (Å²) in [5, 5.41) is 9.12. The number of carboxylic acid groups (broad SMARTS) is 1. The van der Waals surface area contributed by atoms with E-state index >= 15 is 0 Å². The number of rotatable bonds is 9. The Bertz CT molecular complexity index is 231. The average Bonchev–Trinajstić information content (AvgIpc) is 2.27. The van der Waals surface area contributed by atoms with Crippen LogP contribution in [0.1, 0.15) is 45.4 Å². The molecule has 4 heteroatoms. The molecule has 0 bridgehead atoms. The van der Waals surface area contributed by atoms with Gasteiger partial charge in [-0.05, 0) is 25.4 Å². The lowest BCUT2D eigenvalue weighted by Crippen LogP contribution is -2.02. The van der Waals surface area contributed by atoms with Crippen molar-refractivity contribution >= 4 is 29.5 Å². The van der Waals surface area contributed by atoms with Crippen LogP contribution in [0.2, 0.25) is 0 Å². The lowest BCUT2D eigenvalue weighted by atomic mass is 10.1. The van der Waals surface area contributed by atoms with Crippen molar-refractivity contribution in [2.45, 2.75) is 45.4 Å². The number of hydrogen-bond donors (Lipinski definition) is 1. The summed E-state index contributed by atoms with van der Waals surface area (Å²) in [6.07, 6.45) is 10.4. The molecule has 0 atom stereocenters. The van der Waals surface area contributed by atoms with Gasteiger partial charge in [-0.15, -0.1) is 23.5 Å². The highest BCUT2D eigenvalue weighted by Crippen LogP contribution is 2.30. The first-order valence-corrected chi connectivity index (χ1v) is 8.16. The number of unbranched alkanes of at least 4 members (excludes halogenated alkanes) is 4. The molecule has 0 spiro atoms. The lowest BCUT2D eigenvalue weighted by molar-refractivity contribution is -0.132. The largest absolute Gasteiger partial charge is 0.478 e. The molecule has 0 rings (SSSR count). The quantitative estimate of drug-likeness (QED) is 0.494. The fraction of sp³-hybridized carbons (Fsp3) is 0.750. The average molecular weight is 262 g/mol. The van der Waals surface area contributed by atoms with E-state index in [1.54, 1.807) is 0 Å². The van der Waals surface area contributed by atoms with Crippen molar-refractivity contribution in [2.75, 3.05) is 12.5 Å². The summed E-state index contributed by atoms with van der Waals surface area (Å²) in [6, 6.07) is 0. The summed E-state index contributed by atoms with van der Waals surface area (Å²) in [6.45, 7) is 2.18. The molecule has 0 aliphatic rings. The Morgan fingerprint density at radius 1 is 1.06 bits per heavy atom. The highest BCUT2D eigenvalue weighted by Gasteiger charge is 2.12. The van der Waals surface area contributed by atoms with Crippen molar-refractivity contribution in [3.8, 4) is 0 Å². The Labute approximate surface area is 107 Å². The molecule has 0 aromatic carbocycles. The monoisotopic (exact) mass is 262 g/mol. The topological polar surface area (TPSA) is 37.3 Å². The van der Waals surface area contributed by atoms with Gasteiger partial charge < -0.3 is 5.11 Å². The third kappa shape index (κ3) is 6.48. The van der Waals surface area contributed by atoms with Crippen molar-refractivity contribution < 1.29 is 9.90 Å². The van der Waals surface area contributed by atoms with Gasteiger partial charge in [0.1, 0.15) is 0 Å².